The zero-order valence-corrected chi connectivity index (χ0v) is 16.9. The van der Waals surface area contributed by atoms with Crippen LogP contribution in [0.2, 0.25) is 0 Å². The summed E-state index contributed by atoms with van der Waals surface area (Å²) in [6.45, 7) is 0.277. The number of benzene rings is 2. The molecule has 0 aromatic heterocycles. The number of nitrogens with one attached hydrogen (secondary N) is 1. The number of fused-ring (bicyclic) bond motifs is 3. The largest absolute Gasteiger partial charge is 0.416 e. The van der Waals surface area contributed by atoms with Crippen LogP contribution in [0.25, 0.3) is 11.1 Å². The lowest BCUT2D eigenvalue weighted by atomic mass is 10.00. The van der Waals surface area contributed by atoms with Crippen LogP contribution in [-0.2, 0) is 25.7 Å². The Balaban J connectivity index is 1.76. The van der Waals surface area contributed by atoms with E-state index in [0.29, 0.717) is 26.1 Å². The number of rotatable bonds is 3. The molecular weight excluding hydrogens is 440 g/mol. The van der Waals surface area contributed by atoms with Crippen molar-refractivity contribution in [3.63, 3.8) is 0 Å². The van der Waals surface area contributed by atoms with Crippen molar-refractivity contribution in [3.05, 3.63) is 47.8 Å². The molecule has 31 heavy (non-hydrogen) atoms. The first kappa shape index (κ1) is 21.6. The van der Waals surface area contributed by atoms with Gasteiger partial charge in [0.1, 0.15) is 12.4 Å². The topological polar surface area (TPSA) is 75.7 Å². The number of halogens is 4. The molecule has 1 N–H and O–H groups in total. The van der Waals surface area contributed by atoms with Gasteiger partial charge in [-0.05, 0) is 43.2 Å². The Labute approximate surface area is 175 Å². The standard InChI is InChI=1S/C20H18F4N2O4S/c21-13-2-3-15-16-9-12(20(22,23)24)1-4-17(16)26(31(28,29)18(15)10-13)11-19(27)25-14-5-7-30-8-6-14/h1-4,9-10,14H,5-8,11H2,(H,25,27). The molecule has 0 aliphatic carbocycles. The van der Waals surface area contributed by atoms with E-state index in [-0.39, 0.29) is 22.9 Å². The monoisotopic (exact) mass is 458 g/mol. The Morgan fingerprint density at radius 3 is 2.48 bits per heavy atom. The highest BCUT2D eigenvalue weighted by molar-refractivity contribution is 7.93. The molecule has 166 valence electrons. The Hall–Kier alpha value is -2.66. The predicted molar refractivity (Wildman–Crippen MR) is 103 cm³/mol. The second kappa shape index (κ2) is 7.79. The second-order valence-corrected chi connectivity index (χ2v) is 9.17. The van der Waals surface area contributed by atoms with Crippen molar-refractivity contribution in [2.24, 2.45) is 0 Å². The van der Waals surface area contributed by atoms with Gasteiger partial charge in [0.25, 0.3) is 10.0 Å². The number of ether oxygens (including phenoxy) is 1. The zero-order chi connectivity index (χ0) is 22.4. The molecule has 1 saturated heterocycles. The summed E-state index contributed by atoms with van der Waals surface area (Å²) in [5, 5.41) is 2.73. The lowest BCUT2D eigenvalue weighted by molar-refractivity contribution is -0.137. The van der Waals surface area contributed by atoms with E-state index >= 15 is 0 Å². The molecule has 0 atom stereocenters. The zero-order valence-electron chi connectivity index (χ0n) is 16.1. The normalized spacial score (nSPS) is 18.3. The molecule has 2 heterocycles. The fraction of sp³-hybridized carbons (Fsp3) is 0.350. The van der Waals surface area contributed by atoms with Crippen molar-refractivity contribution in [2.45, 2.75) is 30.0 Å². The molecule has 4 rings (SSSR count). The molecule has 0 unspecified atom stereocenters. The van der Waals surface area contributed by atoms with Gasteiger partial charge in [0.05, 0.1) is 16.1 Å². The van der Waals surface area contributed by atoms with Gasteiger partial charge < -0.3 is 10.1 Å². The quantitative estimate of drug-likeness (QED) is 0.717. The third kappa shape index (κ3) is 4.11. The van der Waals surface area contributed by atoms with Crippen molar-refractivity contribution >= 4 is 21.6 Å². The number of carbonyl (C=O) groups excluding carboxylic acids is 1. The molecule has 0 spiro atoms. The van der Waals surface area contributed by atoms with Crippen molar-refractivity contribution < 1.29 is 35.5 Å². The third-order valence-corrected chi connectivity index (χ3v) is 7.07. The summed E-state index contributed by atoms with van der Waals surface area (Å²) in [5.74, 6) is -1.47. The van der Waals surface area contributed by atoms with Crippen LogP contribution in [0.5, 0.6) is 0 Å². The summed E-state index contributed by atoms with van der Waals surface area (Å²) >= 11 is 0. The molecule has 2 aromatic rings. The highest BCUT2D eigenvalue weighted by atomic mass is 32.2. The first-order valence-electron chi connectivity index (χ1n) is 9.48. The summed E-state index contributed by atoms with van der Waals surface area (Å²) in [6, 6.07) is 5.25. The number of alkyl halides is 3. The van der Waals surface area contributed by atoms with Crippen LogP contribution in [0.4, 0.5) is 23.2 Å². The molecule has 2 aliphatic heterocycles. The van der Waals surface area contributed by atoms with Crippen LogP contribution < -0.4 is 9.62 Å². The second-order valence-electron chi connectivity index (χ2n) is 7.34. The van der Waals surface area contributed by atoms with Gasteiger partial charge in [0, 0.05) is 30.4 Å². The Bertz CT molecular complexity index is 1130. The molecule has 1 fully saturated rings. The van der Waals surface area contributed by atoms with E-state index in [1.165, 1.54) is 0 Å². The lowest BCUT2D eigenvalue weighted by Crippen LogP contribution is -2.46. The van der Waals surface area contributed by atoms with Crippen LogP contribution in [0.15, 0.2) is 41.3 Å². The number of hydrogen-bond acceptors (Lipinski definition) is 4. The average Bonchev–Trinajstić information content (AvgIpc) is 2.71. The van der Waals surface area contributed by atoms with Gasteiger partial charge in [-0.1, -0.05) is 6.07 Å². The van der Waals surface area contributed by atoms with E-state index in [1.807, 2.05) is 0 Å². The summed E-state index contributed by atoms with van der Waals surface area (Å²) < 4.78 is 85.8. The highest BCUT2D eigenvalue weighted by Crippen LogP contribution is 2.45. The minimum atomic E-state index is -4.66. The van der Waals surface area contributed by atoms with Crippen molar-refractivity contribution in [3.8, 4) is 11.1 Å². The Morgan fingerprint density at radius 2 is 1.81 bits per heavy atom. The van der Waals surface area contributed by atoms with Crippen molar-refractivity contribution in [2.75, 3.05) is 24.1 Å². The fourth-order valence-corrected chi connectivity index (χ4v) is 5.40. The number of amides is 1. The van der Waals surface area contributed by atoms with Crippen LogP contribution >= 0.6 is 0 Å². The van der Waals surface area contributed by atoms with Crippen LogP contribution in [-0.4, -0.2) is 40.1 Å². The SMILES string of the molecule is O=C(CN1c2ccc(C(F)(F)F)cc2-c2ccc(F)cc2S1(=O)=O)NC1CCOCC1. The number of anilines is 1. The van der Waals surface area contributed by atoms with Gasteiger partial charge in [-0.15, -0.1) is 0 Å². The van der Waals surface area contributed by atoms with E-state index in [2.05, 4.69) is 5.32 Å². The van der Waals surface area contributed by atoms with Crippen LogP contribution in [0.1, 0.15) is 18.4 Å². The molecule has 0 bridgehead atoms. The summed E-state index contributed by atoms with van der Waals surface area (Å²) in [5.41, 5.74) is -1.15. The molecule has 0 saturated carbocycles. The number of sulfonamides is 1. The maximum Gasteiger partial charge on any atom is 0.416 e. The summed E-state index contributed by atoms with van der Waals surface area (Å²) in [4.78, 5) is 12.1. The Morgan fingerprint density at radius 1 is 1.10 bits per heavy atom. The van der Waals surface area contributed by atoms with Crippen molar-refractivity contribution in [1.29, 1.82) is 0 Å². The number of carbonyl (C=O) groups is 1. The smallest absolute Gasteiger partial charge is 0.381 e. The predicted octanol–water partition coefficient (Wildman–Crippen LogP) is 3.32. The molecule has 6 nitrogen and oxygen atoms in total. The van der Waals surface area contributed by atoms with Gasteiger partial charge in [-0.25, -0.2) is 12.8 Å². The van der Waals surface area contributed by atoms with E-state index in [4.69, 9.17) is 4.74 Å². The van der Waals surface area contributed by atoms with Gasteiger partial charge in [0.2, 0.25) is 5.91 Å². The molecule has 11 heteroatoms. The van der Waals surface area contributed by atoms with Crippen molar-refractivity contribution in [1.82, 2.24) is 5.32 Å². The number of nitrogens with zero attached hydrogens (tertiary/aromatic N) is 1. The summed E-state index contributed by atoms with van der Waals surface area (Å²) in [6.07, 6.45) is -3.52. The van der Waals surface area contributed by atoms with E-state index in [1.54, 1.807) is 0 Å². The summed E-state index contributed by atoms with van der Waals surface area (Å²) in [7, 11) is -4.38. The molecular formula is C20H18F4N2O4S. The minimum Gasteiger partial charge on any atom is -0.381 e. The van der Waals surface area contributed by atoms with Gasteiger partial charge in [-0.3, -0.25) is 9.10 Å². The van der Waals surface area contributed by atoms with Gasteiger partial charge >= 0.3 is 6.18 Å². The van der Waals surface area contributed by atoms with Crippen LogP contribution in [0, 0.1) is 5.82 Å². The first-order chi connectivity index (χ1) is 14.6. The third-order valence-electron chi connectivity index (χ3n) is 5.27. The fourth-order valence-electron chi connectivity index (χ4n) is 3.74. The average molecular weight is 458 g/mol. The molecule has 2 aromatic carbocycles. The van der Waals surface area contributed by atoms with Gasteiger partial charge in [0.15, 0.2) is 0 Å². The van der Waals surface area contributed by atoms with E-state index in [9.17, 15) is 30.8 Å². The Kier molecular flexibility index (Phi) is 5.42. The van der Waals surface area contributed by atoms with Gasteiger partial charge in [-0.2, -0.15) is 13.2 Å². The van der Waals surface area contributed by atoms with E-state index in [0.717, 1.165) is 40.7 Å². The van der Waals surface area contributed by atoms with E-state index < -0.39 is 44.9 Å². The van der Waals surface area contributed by atoms with Crippen LogP contribution in [0.3, 0.4) is 0 Å². The number of hydrogen-bond donors (Lipinski definition) is 1. The molecule has 1 amide bonds. The lowest BCUT2D eigenvalue weighted by Gasteiger charge is -2.33. The molecule has 0 radical (unpaired) electrons. The minimum absolute atomic E-state index is 0.0430. The highest BCUT2D eigenvalue weighted by Gasteiger charge is 2.39. The molecule has 2 aliphatic rings. The first-order valence-corrected chi connectivity index (χ1v) is 10.9. The maximum atomic E-state index is 13.8. The maximum absolute atomic E-state index is 13.8.